The number of nitrogens with zero attached hydrogens (tertiary/aromatic N) is 2. The second-order valence-corrected chi connectivity index (χ2v) is 9.00. The average Bonchev–Trinajstić information content (AvgIpc) is 3.29. The van der Waals surface area contributed by atoms with Crippen LogP contribution in [0.3, 0.4) is 0 Å². The Bertz CT molecular complexity index is 1330. The largest absolute Gasteiger partial charge is 0.531 e. The Hall–Kier alpha value is -4.08. The fourth-order valence-corrected chi connectivity index (χ4v) is 4.76. The van der Waals surface area contributed by atoms with E-state index in [4.69, 9.17) is 18.6 Å². The smallest absolute Gasteiger partial charge is 0.408 e. The van der Waals surface area contributed by atoms with Gasteiger partial charge in [-0.25, -0.2) is 0 Å². The van der Waals surface area contributed by atoms with E-state index in [1.165, 1.54) is 0 Å². The standard InChI is InChI=1S/C29H25N2O3P/c1-22-13-12-14-23(2)28(22)31-21-27(30-29(31)24-15-6-3-7-16-24)34-35(32-25-17-8-4-9-18-25)33-26-19-10-5-11-20-26/h3-21H,1-2H3. The van der Waals surface area contributed by atoms with Gasteiger partial charge >= 0.3 is 8.60 Å². The quantitative estimate of drug-likeness (QED) is 0.212. The predicted octanol–water partition coefficient (Wildman–Crippen LogP) is 7.92. The SMILES string of the molecule is Cc1cccc(C)c1-n1cc(OP(Oc2ccccc2)Oc2ccccc2)nc1-c1ccccc1. The molecule has 0 saturated carbocycles. The molecule has 1 heterocycles. The van der Waals surface area contributed by atoms with Gasteiger partial charge in [-0.3, -0.25) is 4.57 Å². The van der Waals surface area contributed by atoms with Crippen LogP contribution in [0.5, 0.6) is 17.4 Å². The van der Waals surface area contributed by atoms with Crippen LogP contribution in [0, 0.1) is 13.8 Å². The van der Waals surface area contributed by atoms with Crippen molar-refractivity contribution in [2.24, 2.45) is 0 Å². The molecular formula is C29H25N2O3P. The molecule has 5 aromatic rings. The zero-order valence-corrected chi connectivity index (χ0v) is 20.4. The van der Waals surface area contributed by atoms with Crippen molar-refractivity contribution in [3.63, 3.8) is 0 Å². The molecule has 0 radical (unpaired) electrons. The van der Waals surface area contributed by atoms with Crippen LogP contribution in [0.25, 0.3) is 17.1 Å². The number of aromatic nitrogens is 2. The maximum Gasteiger partial charge on any atom is 0.531 e. The van der Waals surface area contributed by atoms with Crippen LogP contribution in [0.15, 0.2) is 115 Å². The van der Waals surface area contributed by atoms with Gasteiger partial charge in [0.05, 0.1) is 11.9 Å². The molecule has 174 valence electrons. The number of para-hydroxylation sites is 3. The summed E-state index contributed by atoms with van der Waals surface area (Å²) < 4.78 is 20.5. The minimum Gasteiger partial charge on any atom is -0.408 e. The summed E-state index contributed by atoms with van der Waals surface area (Å²) in [6.45, 7) is 4.20. The van der Waals surface area contributed by atoms with E-state index >= 15 is 0 Å². The summed E-state index contributed by atoms with van der Waals surface area (Å²) in [5.41, 5.74) is 4.36. The van der Waals surface area contributed by atoms with E-state index in [0.29, 0.717) is 17.4 Å². The molecule has 0 amide bonds. The molecule has 1 aromatic heterocycles. The van der Waals surface area contributed by atoms with Crippen LogP contribution < -0.4 is 13.6 Å². The summed E-state index contributed by atoms with van der Waals surface area (Å²) >= 11 is 0. The molecule has 0 atom stereocenters. The van der Waals surface area contributed by atoms with Crippen LogP contribution in [-0.2, 0) is 0 Å². The number of aryl methyl sites for hydroxylation is 2. The highest BCUT2D eigenvalue weighted by molar-refractivity contribution is 7.43. The summed E-state index contributed by atoms with van der Waals surface area (Å²) in [6, 6.07) is 35.4. The molecule has 0 aliphatic heterocycles. The molecule has 5 nitrogen and oxygen atoms in total. The molecule has 0 saturated heterocycles. The van der Waals surface area contributed by atoms with Gasteiger partial charge in [0.15, 0.2) is 0 Å². The minimum atomic E-state index is -1.82. The summed E-state index contributed by atoms with van der Waals surface area (Å²) in [5.74, 6) is 2.52. The Morgan fingerprint density at radius 3 is 1.66 bits per heavy atom. The van der Waals surface area contributed by atoms with Gasteiger partial charge in [0, 0.05) is 5.56 Å². The van der Waals surface area contributed by atoms with Crippen LogP contribution >= 0.6 is 8.60 Å². The van der Waals surface area contributed by atoms with E-state index in [-0.39, 0.29) is 0 Å². The Labute approximate surface area is 206 Å². The minimum absolute atomic E-state index is 0.421. The second kappa shape index (κ2) is 10.5. The number of hydrogen-bond donors (Lipinski definition) is 0. The first-order valence-corrected chi connectivity index (χ1v) is 12.4. The lowest BCUT2D eigenvalue weighted by Crippen LogP contribution is -2.02. The van der Waals surface area contributed by atoms with Crippen molar-refractivity contribution in [3.8, 4) is 34.5 Å². The number of imidazole rings is 1. The molecule has 0 aliphatic rings. The van der Waals surface area contributed by atoms with Gasteiger partial charge < -0.3 is 13.6 Å². The monoisotopic (exact) mass is 480 g/mol. The third-order valence-corrected chi connectivity index (χ3v) is 6.47. The first kappa shape index (κ1) is 22.7. The lowest BCUT2D eigenvalue weighted by molar-refractivity contribution is 0.383. The van der Waals surface area contributed by atoms with Crippen molar-refractivity contribution < 1.29 is 13.6 Å². The zero-order valence-electron chi connectivity index (χ0n) is 19.5. The molecule has 0 bridgehead atoms. The Kier molecular flexibility index (Phi) is 6.78. The van der Waals surface area contributed by atoms with E-state index in [9.17, 15) is 0 Å². The molecular weight excluding hydrogens is 455 g/mol. The van der Waals surface area contributed by atoms with Crippen LogP contribution in [0.4, 0.5) is 0 Å². The molecule has 0 N–H and O–H groups in total. The molecule has 35 heavy (non-hydrogen) atoms. The van der Waals surface area contributed by atoms with Crippen LogP contribution in [0.1, 0.15) is 11.1 Å². The van der Waals surface area contributed by atoms with Gasteiger partial charge in [0.25, 0.3) is 0 Å². The van der Waals surface area contributed by atoms with Crippen molar-refractivity contribution >= 4 is 8.60 Å². The van der Waals surface area contributed by atoms with Gasteiger partial charge in [-0.15, -0.1) is 0 Å². The molecule has 0 fully saturated rings. The molecule has 0 spiro atoms. The van der Waals surface area contributed by atoms with Gasteiger partial charge in [-0.1, -0.05) is 84.9 Å². The maximum absolute atomic E-state index is 6.25. The van der Waals surface area contributed by atoms with Crippen molar-refractivity contribution in [1.82, 2.24) is 9.55 Å². The lowest BCUT2D eigenvalue weighted by atomic mass is 10.1. The van der Waals surface area contributed by atoms with Gasteiger partial charge in [-0.05, 0) is 49.2 Å². The summed E-state index contributed by atoms with van der Waals surface area (Å²) in [6.07, 6.45) is 1.90. The number of rotatable bonds is 8. The Balaban J connectivity index is 1.53. The van der Waals surface area contributed by atoms with Crippen molar-refractivity contribution in [2.75, 3.05) is 0 Å². The Morgan fingerprint density at radius 2 is 1.11 bits per heavy atom. The van der Waals surface area contributed by atoms with Crippen molar-refractivity contribution in [2.45, 2.75) is 13.8 Å². The topological polar surface area (TPSA) is 45.5 Å². The Morgan fingerprint density at radius 1 is 0.600 bits per heavy atom. The highest BCUT2D eigenvalue weighted by Gasteiger charge is 2.23. The van der Waals surface area contributed by atoms with Gasteiger partial charge in [0.1, 0.15) is 17.3 Å². The average molecular weight is 481 g/mol. The van der Waals surface area contributed by atoms with E-state index in [1.54, 1.807) is 0 Å². The fraction of sp³-hybridized carbons (Fsp3) is 0.0690. The van der Waals surface area contributed by atoms with Crippen LogP contribution in [-0.4, -0.2) is 9.55 Å². The number of benzene rings is 4. The maximum atomic E-state index is 6.25. The van der Waals surface area contributed by atoms with E-state index in [1.807, 2.05) is 97.2 Å². The summed E-state index contributed by atoms with van der Waals surface area (Å²) in [7, 11) is -1.82. The third-order valence-electron chi connectivity index (χ3n) is 5.41. The molecule has 4 aromatic carbocycles. The zero-order chi connectivity index (χ0) is 24.0. The highest BCUT2D eigenvalue weighted by atomic mass is 31.2. The second-order valence-electron chi connectivity index (χ2n) is 8.00. The van der Waals surface area contributed by atoms with Crippen LogP contribution in [0.2, 0.25) is 0 Å². The van der Waals surface area contributed by atoms with E-state index < -0.39 is 8.60 Å². The molecule has 0 unspecified atom stereocenters. The predicted molar refractivity (Wildman–Crippen MR) is 140 cm³/mol. The molecule has 0 aliphatic carbocycles. The molecule has 5 rings (SSSR count). The van der Waals surface area contributed by atoms with Crippen molar-refractivity contribution in [3.05, 3.63) is 127 Å². The van der Waals surface area contributed by atoms with E-state index in [0.717, 1.165) is 28.2 Å². The lowest BCUT2D eigenvalue weighted by Gasteiger charge is -2.16. The van der Waals surface area contributed by atoms with Gasteiger partial charge in [0.2, 0.25) is 5.88 Å². The van der Waals surface area contributed by atoms with Gasteiger partial charge in [-0.2, -0.15) is 4.98 Å². The van der Waals surface area contributed by atoms with Crippen molar-refractivity contribution in [1.29, 1.82) is 0 Å². The summed E-state index contributed by atoms with van der Waals surface area (Å²) in [4.78, 5) is 4.86. The highest BCUT2D eigenvalue weighted by Crippen LogP contribution is 2.43. The normalized spacial score (nSPS) is 10.8. The first-order valence-electron chi connectivity index (χ1n) is 11.3. The third kappa shape index (κ3) is 5.37. The first-order chi connectivity index (χ1) is 17.2. The molecule has 6 heteroatoms. The number of hydrogen-bond acceptors (Lipinski definition) is 4. The summed E-state index contributed by atoms with van der Waals surface area (Å²) in [5, 5.41) is 0. The van der Waals surface area contributed by atoms with E-state index in [2.05, 4.69) is 36.6 Å². The fourth-order valence-electron chi connectivity index (χ4n) is 3.82.